The molecule has 0 spiro atoms. The van der Waals surface area contributed by atoms with Gasteiger partial charge in [0, 0.05) is 67.8 Å². The van der Waals surface area contributed by atoms with Crippen LogP contribution in [0.25, 0.3) is 0 Å². The maximum atomic E-state index is 13.5. The van der Waals surface area contributed by atoms with Gasteiger partial charge < -0.3 is 36.9 Å². The van der Waals surface area contributed by atoms with Crippen molar-refractivity contribution in [2.75, 3.05) is 6.54 Å². The van der Waals surface area contributed by atoms with Gasteiger partial charge >= 0.3 is 11.9 Å². The predicted molar refractivity (Wildman–Crippen MR) is 246 cm³/mol. The number of hydrogen-bond acceptors (Lipinski definition) is 10. The summed E-state index contributed by atoms with van der Waals surface area (Å²) in [6, 6.07) is -2.12. The first-order chi connectivity index (χ1) is 30.0. The zero-order valence-corrected chi connectivity index (χ0v) is 40.0. The number of aromatic amines is 1. The Labute approximate surface area is 381 Å². The van der Waals surface area contributed by atoms with Crippen LogP contribution in [-0.4, -0.2) is 91.4 Å². The molecule has 1 aromatic rings. The van der Waals surface area contributed by atoms with Gasteiger partial charge in [-0.2, -0.15) is 0 Å². The number of carboxylic acids is 2. The zero-order chi connectivity index (χ0) is 48.3. The summed E-state index contributed by atoms with van der Waals surface area (Å²) in [7, 11) is 0. The van der Waals surface area contributed by atoms with Crippen LogP contribution in [0.2, 0.25) is 0 Å². The van der Waals surface area contributed by atoms with E-state index in [1.165, 1.54) is 78.0 Å². The number of imidazole rings is 1. The molecule has 1 rings (SSSR count). The second-order valence-corrected chi connectivity index (χ2v) is 19.5. The van der Waals surface area contributed by atoms with Crippen molar-refractivity contribution in [1.82, 2.24) is 25.9 Å². The minimum atomic E-state index is -1.34. The fraction of sp³-hybridized carbons (Fsp3) is 0.771. The van der Waals surface area contributed by atoms with E-state index in [0.717, 1.165) is 19.3 Å². The minimum Gasteiger partial charge on any atom is -0.481 e. The Kier molecular flexibility index (Phi) is 26.9. The topological polar surface area (TPSA) is 268 Å². The van der Waals surface area contributed by atoms with E-state index in [1.54, 1.807) is 33.9 Å². The van der Waals surface area contributed by atoms with Crippen molar-refractivity contribution in [2.24, 2.45) is 22.5 Å². The lowest BCUT2D eigenvalue weighted by Crippen LogP contribution is -2.56. The van der Waals surface area contributed by atoms with Crippen LogP contribution in [0.1, 0.15) is 195 Å². The summed E-state index contributed by atoms with van der Waals surface area (Å²) in [5.41, 5.74) is 2.94. The van der Waals surface area contributed by atoms with Gasteiger partial charge in [0.15, 0.2) is 5.78 Å². The third-order valence-electron chi connectivity index (χ3n) is 12.1. The van der Waals surface area contributed by atoms with E-state index in [1.807, 2.05) is 0 Å². The third kappa shape index (κ3) is 24.0. The van der Waals surface area contributed by atoms with Crippen LogP contribution in [-0.2, 0) is 44.8 Å². The first kappa shape index (κ1) is 57.5. The van der Waals surface area contributed by atoms with Crippen LogP contribution in [0.4, 0.5) is 0 Å². The molecule has 16 heteroatoms. The second-order valence-electron chi connectivity index (χ2n) is 19.5. The number of Topliss-reactive ketones (excluding diaryl/α,β-unsaturated/α-hetero) is 3. The number of H-pyrrole nitrogens is 1. The molecule has 8 N–H and O–H groups in total. The number of nitrogens with two attached hydrogens (primary N) is 1. The first-order valence-electron chi connectivity index (χ1n) is 23.7. The SMILES string of the molecule is CCCCCCCCCCCCCCCC(=O)N[C@@H](CCC(=O)NCCCC[C@H](CC(=O)C(C)(C)CC(=O)C(C)(C)CC(=O)C(C)(C)NC(=O)[C@@H](N)Cc1cnc[nH]1)C(=O)O)C(=O)O. The highest BCUT2D eigenvalue weighted by molar-refractivity contribution is 5.99. The van der Waals surface area contributed by atoms with Crippen LogP contribution in [0.5, 0.6) is 0 Å². The average molecular weight is 903 g/mol. The van der Waals surface area contributed by atoms with Crippen molar-refractivity contribution in [3.63, 3.8) is 0 Å². The van der Waals surface area contributed by atoms with Crippen LogP contribution in [0, 0.1) is 16.7 Å². The molecule has 0 aromatic carbocycles. The normalized spacial score (nSPS) is 13.4. The van der Waals surface area contributed by atoms with E-state index in [9.17, 15) is 48.6 Å². The Hall–Kier alpha value is -4.47. The Balaban J connectivity index is 2.43. The van der Waals surface area contributed by atoms with E-state index in [2.05, 4.69) is 32.8 Å². The van der Waals surface area contributed by atoms with E-state index in [0.29, 0.717) is 25.0 Å². The Morgan fingerprint density at radius 2 is 1.22 bits per heavy atom. The molecular weight excluding hydrogens is 821 g/mol. The fourth-order valence-corrected chi connectivity index (χ4v) is 7.40. The molecule has 0 radical (unpaired) electrons. The summed E-state index contributed by atoms with van der Waals surface area (Å²) < 4.78 is 0. The number of ketones is 3. The molecule has 3 atom stereocenters. The quantitative estimate of drug-likeness (QED) is 0.0333. The van der Waals surface area contributed by atoms with Gasteiger partial charge in [-0.15, -0.1) is 0 Å². The van der Waals surface area contributed by atoms with E-state index in [-0.39, 0.29) is 69.6 Å². The van der Waals surface area contributed by atoms with Crippen molar-refractivity contribution in [1.29, 1.82) is 0 Å². The van der Waals surface area contributed by atoms with Crippen LogP contribution in [0.15, 0.2) is 12.5 Å². The predicted octanol–water partition coefficient (Wildman–Crippen LogP) is 6.92. The molecule has 0 unspecified atom stereocenters. The zero-order valence-electron chi connectivity index (χ0n) is 40.0. The van der Waals surface area contributed by atoms with Gasteiger partial charge in [-0.25, -0.2) is 9.78 Å². The van der Waals surface area contributed by atoms with Crippen molar-refractivity contribution in [2.45, 2.75) is 214 Å². The molecule has 0 saturated carbocycles. The Morgan fingerprint density at radius 1 is 0.672 bits per heavy atom. The molecule has 0 aliphatic rings. The first-order valence-corrected chi connectivity index (χ1v) is 23.7. The van der Waals surface area contributed by atoms with Crippen LogP contribution < -0.4 is 21.7 Å². The number of aromatic nitrogens is 2. The van der Waals surface area contributed by atoms with E-state index < -0.39 is 69.7 Å². The highest BCUT2D eigenvalue weighted by Gasteiger charge is 2.41. The number of amides is 3. The molecule has 0 fully saturated rings. The summed E-state index contributed by atoms with van der Waals surface area (Å²) in [4.78, 5) is 109. The monoisotopic (exact) mass is 903 g/mol. The highest BCUT2D eigenvalue weighted by atomic mass is 16.4. The van der Waals surface area contributed by atoms with Crippen LogP contribution in [0.3, 0.4) is 0 Å². The number of aliphatic carboxylic acids is 2. The number of nitrogens with zero attached hydrogens (tertiary/aromatic N) is 1. The molecule has 1 heterocycles. The summed E-state index contributed by atoms with van der Waals surface area (Å²) in [5.74, 6) is -5.83. The van der Waals surface area contributed by atoms with Gasteiger partial charge in [-0.3, -0.25) is 33.6 Å². The lowest BCUT2D eigenvalue weighted by atomic mass is 9.71. The number of rotatable bonds is 38. The summed E-state index contributed by atoms with van der Waals surface area (Å²) >= 11 is 0. The molecule has 3 amide bonds. The lowest BCUT2D eigenvalue weighted by Gasteiger charge is -2.33. The third-order valence-corrected chi connectivity index (χ3v) is 12.1. The molecule has 64 heavy (non-hydrogen) atoms. The van der Waals surface area contributed by atoms with Gasteiger partial charge in [-0.1, -0.05) is 118 Å². The molecule has 16 nitrogen and oxygen atoms in total. The maximum absolute atomic E-state index is 13.5. The Morgan fingerprint density at radius 3 is 1.75 bits per heavy atom. The van der Waals surface area contributed by atoms with E-state index in [4.69, 9.17) is 5.73 Å². The number of carbonyl (C=O) groups is 8. The van der Waals surface area contributed by atoms with E-state index >= 15 is 0 Å². The fourth-order valence-electron chi connectivity index (χ4n) is 7.40. The van der Waals surface area contributed by atoms with Crippen molar-refractivity contribution < 1.29 is 48.6 Å². The van der Waals surface area contributed by atoms with Gasteiger partial charge in [0.2, 0.25) is 17.7 Å². The molecule has 1 aromatic heterocycles. The smallest absolute Gasteiger partial charge is 0.326 e. The second kappa shape index (κ2) is 29.9. The minimum absolute atomic E-state index is 0.0697. The summed E-state index contributed by atoms with van der Waals surface area (Å²) in [5, 5.41) is 27.4. The average Bonchev–Trinajstić information content (AvgIpc) is 3.72. The lowest BCUT2D eigenvalue weighted by molar-refractivity contribution is -0.146. The Bertz CT molecular complexity index is 1620. The van der Waals surface area contributed by atoms with Gasteiger partial charge in [0.1, 0.15) is 17.6 Å². The summed E-state index contributed by atoms with van der Waals surface area (Å²) in [6.45, 7) is 11.9. The van der Waals surface area contributed by atoms with Crippen molar-refractivity contribution >= 4 is 47.0 Å². The van der Waals surface area contributed by atoms with Gasteiger partial charge in [-0.05, 0) is 39.5 Å². The number of hydrogen-bond donors (Lipinski definition) is 7. The molecule has 0 aliphatic heterocycles. The molecule has 0 bridgehead atoms. The number of nitrogens with one attached hydrogen (secondary N) is 4. The van der Waals surface area contributed by atoms with Gasteiger partial charge in [0.25, 0.3) is 0 Å². The number of carbonyl (C=O) groups excluding carboxylic acids is 6. The molecule has 0 aliphatic carbocycles. The molecular formula is C48H82N6O10. The van der Waals surface area contributed by atoms with Crippen molar-refractivity contribution in [3.8, 4) is 0 Å². The molecule has 364 valence electrons. The maximum Gasteiger partial charge on any atom is 0.326 e. The van der Waals surface area contributed by atoms with Gasteiger partial charge in [0.05, 0.1) is 23.8 Å². The number of unbranched alkanes of at least 4 members (excludes halogenated alkanes) is 13. The summed E-state index contributed by atoms with van der Waals surface area (Å²) in [6.07, 6.45) is 18.8. The standard InChI is InChI=1S/C48H82N6O10/c1-8-9-10-11-12-13-14-15-16-17-18-19-20-24-42(59)53-37(45(63)64)25-26-41(58)51-27-22-21-23-34(44(61)62)28-38(55)46(2,3)30-39(56)47(4,5)31-40(57)48(6,7)54-43(60)36(49)29-35-32-50-33-52-35/h32-34,36-37H,8-31,49H2,1-7H3,(H,50,52)(H,51,58)(H,53,59)(H,54,60)(H,61,62)(H,63,64)/t34-,36+,37+/m1/s1. The number of carboxylic acid groups (broad SMARTS) is 2. The van der Waals surface area contributed by atoms with Crippen molar-refractivity contribution in [3.05, 3.63) is 18.2 Å². The molecule has 0 saturated heterocycles. The largest absolute Gasteiger partial charge is 0.481 e. The highest BCUT2D eigenvalue weighted by Crippen LogP contribution is 2.34. The van der Waals surface area contributed by atoms with Crippen LogP contribution >= 0.6 is 0 Å².